The molecule has 1 atom stereocenters. The Hall–Kier alpha value is -1.69. The molecule has 2 aromatic rings. The monoisotopic (exact) mass is 377 g/mol. The van der Waals surface area contributed by atoms with Crippen molar-refractivity contribution in [1.82, 2.24) is 0 Å². The summed E-state index contributed by atoms with van der Waals surface area (Å²) in [7, 11) is 0. The molecule has 0 spiro atoms. The Morgan fingerprint density at radius 1 is 1.00 bits per heavy atom. The summed E-state index contributed by atoms with van der Waals surface area (Å²) < 4.78 is 1.00. The first-order chi connectivity index (χ1) is 9.66. The Morgan fingerprint density at radius 2 is 1.75 bits per heavy atom. The Bertz CT molecular complexity index is 669. The number of rotatable bonds is 2. The van der Waals surface area contributed by atoms with E-state index in [1.807, 2.05) is 48.5 Å². The van der Waals surface area contributed by atoms with Crippen LogP contribution in [-0.4, -0.2) is 11.8 Å². The molecule has 20 heavy (non-hydrogen) atoms. The highest BCUT2D eigenvalue weighted by Crippen LogP contribution is 2.33. The molecule has 1 fully saturated rings. The Balaban J connectivity index is 1.95. The Labute approximate surface area is 130 Å². The standard InChI is InChI=1S/C16H12INO2/c17-12-7-4-8-13(9-12)18-15(19)10-14(16(18)20)11-5-2-1-3-6-11/h1-9,14H,10H2. The molecule has 1 heterocycles. The number of anilines is 1. The van der Waals surface area contributed by atoms with E-state index in [0.717, 1.165) is 9.13 Å². The second kappa shape index (κ2) is 5.36. The molecule has 1 saturated heterocycles. The second-order valence-electron chi connectivity index (χ2n) is 4.71. The van der Waals surface area contributed by atoms with Gasteiger partial charge < -0.3 is 0 Å². The fourth-order valence-corrected chi connectivity index (χ4v) is 2.99. The van der Waals surface area contributed by atoms with Gasteiger partial charge in [0, 0.05) is 9.99 Å². The normalized spacial score (nSPS) is 18.6. The third-order valence-corrected chi connectivity index (χ3v) is 4.09. The first-order valence-electron chi connectivity index (χ1n) is 6.34. The Morgan fingerprint density at radius 3 is 2.45 bits per heavy atom. The summed E-state index contributed by atoms with van der Waals surface area (Å²) in [6, 6.07) is 16.9. The van der Waals surface area contributed by atoms with Gasteiger partial charge in [-0.05, 0) is 46.4 Å². The molecular formula is C16H12INO2. The summed E-state index contributed by atoms with van der Waals surface area (Å²) in [5, 5.41) is 0. The lowest BCUT2D eigenvalue weighted by Gasteiger charge is -2.15. The van der Waals surface area contributed by atoms with Crippen LogP contribution in [-0.2, 0) is 9.59 Å². The zero-order valence-electron chi connectivity index (χ0n) is 10.6. The van der Waals surface area contributed by atoms with Crippen molar-refractivity contribution in [3.8, 4) is 0 Å². The van der Waals surface area contributed by atoms with Gasteiger partial charge in [0.2, 0.25) is 11.8 Å². The van der Waals surface area contributed by atoms with Crippen molar-refractivity contribution < 1.29 is 9.59 Å². The minimum atomic E-state index is -0.360. The summed E-state index contributed by atoms with van der Waals surface area (Å²) in [6.07, 6.45) is 0.244. The van der Waals surface area contributed by atoms with Crippen molar-refractivity contribution in [2.24, 2.45) is 0 Å². The molecule has 1 aliphatic heterocycles. The van der Waals surface area contributed by atoms with Gasteiger partial charge in [0.1, 0.15) is 0 Å². The average Bonchev–Trinajstić information content (AvgIpc) is 2.75. The molecule has 0 aliphatic carbocycles. The van der Waals surface area contributed by atoms with Crippen molar-refractivity contribution in [2.75, 3.05) is 4.90 Å². The fraction of sp³-hybridized carbons (Fsp3) is 0.125. The highest BCUT2D eigenvalue weighted by atomic mass is 127. The number of nitrogens with zero attached hydrogens (tertiary/aromatic N) is 1. The van der Waals surface area contributed by atoms with Gasteiger partial charge in [-0.3, -0.25) is 9.59 Å². The maximum atomic E-state index is 12.5. The van der Waals surface area contributed by atoms with Gasteiger partial charge >= 0.3 is 0 Å². The van der Waals surface area contributed by atoms with Crippen LogP contribution < -0.4 is 4.90 Å². The lowest BCUT2D eigenvalue weighted by Crippen LogP contribution is -2.30. The molecule has 1 aliphatic rings. The highest BCUT2D eigenvalue weighted by molar-refractivity contribution is 14.1. The highest BCUT2D eigenvalue weighted by Gasteiger charge is 2.40. The molecule has 1 unspecified atom stereocenters. The molecule has 0 radical (unpaired) electrons. The van der Waals surface area contributed by atoms with Crippen molar-refractivity contribution in [2.45, 2.75) is 12.3 Å². The first kappa shape index (κ1) is 13.3. The largest absolute Gasteiger partial charge is 0.274 e. The summed E-state index contributed by atoms with van der Waals surface area (Å²) in [5.74, 6) is -0.629. The summed E-state index contributed by atoms with van der Waals surface area (Å²) in [6.45, 7) is 0. The van der Waals surface area contributed by atoms with Crippen molar-refractivity contribution in [3.05, 3.63) is 63.7 Å². The minimum Gasteiger partial charge on any atom is -0.274 e. The number of imide groups is 1. The molecule has 0 saturated carbocycles. The van der Waals surface area contributed by atoms with Crippen molar-refractivity contribution >= 4 is 40.1 Å². The van der Waals surface area contributed by atoms with Crippen LogP contribution in [0.25, 0.3) is 0 Å². The van der Waals surface area contributed by atoms with E-state index >= 15 is 0 Å². The number of carbonyl (C=O) groups excluding carboxylic acids is 2. The van der Waals surface area contributed by atoms with E-state index in [1.165, 1.54) is 4.90 Å². The van der Waals surface area contributed by atoms with Gasteiger partial charge in [0.25, 0.3) is 0 Å². The van der Waals surface area contributed by atoms with Gasteiger partial charge in [0.05, 0.1) is 11.6 Å². The molecule has 3 rings (SSSR count). The SMILES string of the molecule is O=C1CC(c2ccccc2)C(=O)N1c1cccc(I)c1. The maximum Gasteiger partial charge on any atom is 0.241 e. The molecular weight excluding hydrogens is 365 g/mol. The van der Waals surface area contributed by atoms with Crippen LogP contribution in [0.1, 0.15) is 17.9 Å². The second-order valence-corrected chi connectivity index (χ2v) is 5.96. The zero-order valence-corrected chi connectivity index (χ0v) is 12.8. The Kier molecular flexibility index (Phi) is 3.56. The van der Waals surface area contributed by atoms with E-state index in [2.05, 4.69) is 22.6 Å². The van der Waals surface area contributed by atoms with Crippen molar-refractivity contribution in [3.63, 3.8) is 0 Å². The predicted octanol–water partition coefficient (Wildman–Crippen LogP) is 3.34. The number of carbonyl (C=O) groups is 2. The van der Waals surface area contributed by atoms with Gasteiger partial charge in [-0.25, -0.2) is 4.90 Å². The average molecular weight is 377 g/mol. The van der Waals surface area contributed by atoms with E-state index in [4.69, 9.17) is 0 Å². The lowest BCUT2D eigenvalue weighted by atomic mass is 9.98. The molecule has 4 heteroatoms. The topological polar surface area (TPSA) is 37.4 Å². The number of benzene rings is 2. The van der Waals surface area contributed by atoms with Gasteiger partial charge in [-0.2, -0.15) is 0 Å². The number of amides is 2. The van der Waals surface area contributed by atoms with Gasteiger partial charge in [-0.1, -0.05) is 36.4 Å². The molecule has 2 aromatic carbocycles. The van der Waals surface area contributed by atoms with E-state index in [-0.39, 0.29) is 24.2 Å². The van der Waals surface area contributed by atoms with E-state index in [9.17, 15) is 9.59 Å². The number of hydrogen-bond acceptors (Lipinski definition) is 2. The van der Waals surface area contributed by atoms with Crippen LogP contribution in [0, 0.1) is 3.57 Å². The van der Waals surface area contributed by atoms with Crippen LogP contribution >= 0.6 is 22.6 Å². The third kappa shape index (κ3) is 2.35. The summed E-state index contributed by atoms with van der Waals surface area (Å²) >= 11 is 2.17. The van der Waals surface area contributed by atoms with Crippen LogP contribution in [0.4, 0.5) is 5.69 Å². The van der Waals surface area contributed by atoms with Crippen LogP contribution in [0.3, 0.4) is 0 Å². The molecule has 0 bridgehead atoms. The van der Waals surface area contributed by atoms with Crippen LogP contribution in [0.5, 0.6) is 0 Å². The smallest absolute Gasteiger partial charge is 0.241 e. The fourth-order valence-electron chi connectivity index (χ4n) is 2.46. The quantitative estimate of drug-likeness (QED) is 0.595. The summed E-state index contributed by atoms with van der Waals surface area (Å²) in [5.41, 5.74) is 1.56. The maximum absolute atomic E-state index is 12.5. The minimum absolute atomic E-state index is 0.133. The van der Waals surface area contributed by atoms with Crippen LogP contribution in [0.15, 0.2) is 54.6 Å². The third-order valence-electron chi connectivity index (χ3n) is 3.41. The van der Waals surface area contributed by atoms with E-state index in [1.54, 1.807) is 6.07 Å². The molecule has 3 nitrogen and oxygen atoms in total. The van der Waals surface area contributed by atoms with Crippen LogP contribution in [0.2, 0.25) is 0 Å². The molecule has 2 amide bonds. The van der Waals surface area contributed by atoms with Crippen molar-refractivity contribution in [1.29, 1.82) is 0 Å². The molecule has 100 valence electrons. The lowest BCUT2D eigenvalue weighted by molar-refractivity contribution is -0.121. The summed E-state index contributed by atoms with van der Waals surface area (Å²) in [4.78, 5) is 26.0. The molecule has 0 N–H and O–H groups in total. The first-order valence-corrected chi connectivity index (χ1v) is 7.42. The molecule has 0 aromatic heterocycles. The van der Waals surface area contributed by atoms with E-state index in [0.29, 0.717) is 5.69 Å². The zero-order chi connectivity index (χ0) is 14.1. The predicted molar refractivity (Wildman–Crippen MR) is 85.5 cm³/mol. The van der Waals surface area contributed by atoms with E-state index < -0.39 is 0 Å². The van der Waals surface area contributed by atoms with Gasteiger partial charge in [-0.15, -0.1) is 0 Å². The van der Waals surface area contributed by atoms with Gasteiger partial charge in [0.15, 0.2) is 0 Å². The number of hydrogen-bond donors (Lipinski definition) is 0. The number of halogens is 1.